The van der Waals surface area contributed by atoms with Gasteiger partial charge in [0.05, 0.1) is 0 Å². The number of pyridine rings is 1. The summed E-state index contributed by atoms with van der Waals surface area (Å²) in [6.07, 6.45) is 1.84. The molecule has 0 aromatic carbocycles. The van der Waals surface area contributed by atoms with Gasteiger partial charge in [-0.3, -0.25) is 0 Å². The summed E-state index contributed by atoms with van der Waals surface area (Å²) in [6.45, 7) is 4.00. The van der Waals surface area contributed by atoms with E-state index < -0.39 is 0 Å². The summed E-state index contributed by atoms with van der Waals surface area (Å²) in [7, 11) is 0. The lowest BCUT2D eigenvalue weighted by Gasteiger charge is -1.89. The lowest BCUT2D eigenvalue weighted by atomic mass is 10.3. The van der Waals surface area contributed by atoms with E-state index in [0.717, 1.165) is 11.0 Å². The molecule has 2 aromatic heterocycles. The van der Waals surface area contributed by atoms with Crippen molar-refractivity contribution in [1.29, 1.82) is 0 Å². The van der Waals surface area contributed by atoms with Crippen LogP contribution < -0.4 is 5.73 Å². The van der Waals surface area contributed by atoms with Gasteiger partial charge in [-0.2, -0.15) is 0 Å². The number of fused-ring (bicyclic) bond motifs is 1. The number of rotatable bonds is 0. The average molecular weight is 163 g/mol. The molecule has 64 valence electrons. The van der Waals surface area contributed by atoms with Gasteiger partial charge >= 0.3 is 0 Å². The van der Waals surface area contributed by atoms with Gasteiger partial charge in [0.1, 0.15) is 11.5 Å². The van der Waals surface area contributed by atoms with Gasteiger partial charge < -0.3 is 10.7 Å². The van der Waals surface area contributed by atoms with E-state index in [1.165, 1.54) is 0 Å². The number of nitrogens with zero attached hydrogens (tertiary/aromatic N) is 1. The van der Waals surface area contributed by atoms with Crippen molar-refractivity contribution < 1.29 is 0 Å². The lowest BCUT2D eigenvalue weighted by molar-refractivity contribution is 1.33. The number of hydrogen-bond donors (Lipinski definition) is 2. The van der Waals surface area contributed by atoms with Gasteiger partial charge in [0, 0.05) is 11.6 Å². The minimum absolute atomic E-state index is 0.551. The Labute approximate surface area is 71.6 Å². The monoisotopic (exact) mass is 163 g/mol. The van der Waals surface area contributed by atoms with Crippen LogP contribution in [-0.4, -0.2) is 9.97 Å². The van der Waals surface area contributed by atoms with Crippen molar-refractivity contribution in [2.45, 2.75) is 13.8 Å². The zero-order valence-corrected chi connectivity index (χ0v) is 7.33. The van der Waals surface area contributed by atoms with Crippen molar-refractivity contribution in [3.63, 3.8) is 0 Å². The number of anilines is 1. The number of aromatic amines is 1. The largest absolute Gasteiger partial charge is 0.384 e. The van der Waals surface area contributed by atoms with Crippen molar-refractivity contribution in [3.8, 4) is 0 Å². The van der Waals surface area contributed by atoms with Gasteiger partial charge in [0.15, 0.2) is 0 Å². The predicted octanol–water partition coefficient (Wildman–Crippen LogP) is 2.17. The molecule has 0 unspecified atom stereocenters. The number of hydrogen-bond acceptors (Lipinski definition) is 2. The molecule has 0 aliphatic rings. The van der Waals surface area contributed by atoms with E-state index in [1.54, 1.807) is 6.07 Å². The molecule has 0 aliphatic carbocycles. The van der Waals surface area contributed by atoms with Crippen LogP contribution in [0.15, 0.2) is 24.4 Å². The molecular formula is C9H13N3. The highest BCUT2D eigenvalue weighted by Crippen LogP contribution is 2.10. The van der Waals surface area contributed by atoms with Gasteiger partial charge in [-0.05, 0) is 18.2 Å². The highest BCUT2D eigenvalue weighted by molar-refractivity contribution is 5.76. The highest BCUT2D eigenvalue weighted by Gasteiger charge is 1.93. The first kappa shape index (κ1) is 8.59. The number of H-pyrrole nitrogens is 1. The van der Waals surface area contributed by atoms with Crippen LogP contribution >= 0.6 is 0 Å². The highest BCUT2D eigenvalue weighted by atomic mass is 14.9. The molecule has 0 amide bonds. The Bertz CT molecular complexity index is 351. The van der Waals surface area contributed by atoms with E-state index in [4.69, 9.17) is 5.73 Å². The maximum absolute atomic E-state index is 5.45. The second-order valence-corrected chi connectivity index (χ2v) is 2.15. The third-order valence-corrected chi connectivity index (χ3v) is 1.43. The number of aromatic nitrogens is 2. The number of nitrogens with one attached hydrogen (secondary N) is 1. The van der Waals surface area contributed by atoms with E-state index in [2.05, 4.69) is 9.97 Å². The van der Waals surface area contributed by atoms with E-state index in [0.29, 0.717) is 5.82 Å². The molecule has 0 fully saturated rings. The Balaban J connectivity index is 0.000000336. The van der Waals surface area contributed by atoms with Gasteiger partial charge in [-0.25, -0.2) is 4.98 Å². The molecule has 2 aromatic rings. The van der Waals surface area contributed by atoms with E-state index in [1.807, 2.05) is 32.2 Å². The molecule has 12 heavy (non-hydrogen) atoms. The molecule has 0 radical (unpaired) electrons. The molecule has 2 rings (SSSR count). The van der Waals surface area contributed by atoms with E-state index >= 15 is 0 Å². The van der Waals surface area contributed by atoms with Gasteiger partial charge in [0.25, 0.3) is 0 Å². The second-order valence-electron chi connectivity index (χ2n) is 2.15. The Morgan fingerprint density at radius 3 is 2.75 bits per heavy atom. The molecular weight excluding hydrogens is 150 g/mol. The van der Waals surface area contributed by atoms with Gasteiger partial charge in [0.2, 0.25) is 0 Å². The second kappa shape index (κ2) is 3.76. The van der Waals surface area contributed by atoms with Crippen molar-refractivity contribution in [2.24, 2.45) is 0 Å². The molecule has 0 aliphatic heterocycles. The fourth-order valence-electron chi connectivity index (χ4n) is 0.945. The first-order valence-corrected chi connectivity index (χ1v) is 4.06. The molecule has 3 nitrogen and oxygen atoms in total. The molecule has 3 N–H and O–H groups in total. The van der Waals surface area contributed by atoms with Crippen molar-refractivity contribution >= 4 is 16.9 Å². The molecule has 0 saturated heterocycles. The summed E-state index contributed by atoms with van der Waals surface area (Å²) in [5, 5.41) is 1.09. The summed E-state index contributed by atoms with van der Waals surface area (Å²) < 4.78 is 0. The topological polar surface area (TPSA) is 54.7 Å². The summed E-state index contributed by atoms with van der Waals surface area (Å²) in [6, 6.07) is 5.69. The smallest absolute Gasteiger partial charge is 0.139 e. The Kier molecular flexibility index (Phi) is 2.69. The summed E-state index contributed by atoms with van der Waals surface area (Å²) in [5.41, 5.74) is 6.30. The first-order valence-electron chi connectivity index (χ1n) is 4.06. The average Bonchev–Trinajstić information content (AvgIpc) is 2.54. The van der Waals surface area contributed by atoms with Crippen LogP contribution in [0.25, 0.3) is 11.0 Å². The molecule has 0 saturated carbocycles. The minimum atomic E-state index is 0.551. The van der Waals surface area contributed by atoms with Crippen LogP contribution in [-0.2, 0) is 0 Å². The Hall–Kier alpha value is -1.51. The van der Waals surface area contributed by atoms with Crippen molar-refractivity contribution in [3.05, 3.63) is 24.4 Å². The molecule has 0 atom stereocenters. The van der Waals surface area contributed by atoms with E-state index in [-0.39, 0.29) is 0 Å². The normalized spacial score (nSPS) is 9.17. The summed E-state index contributed by atoms with van der Waals surface area (Å²) in [5.74, 6) is 0.551. The van der Waals surface area contributed by atoms with Crippen LogP contribution in [0.2, 0.25) is 0 Å². The van der Waals surface area contributed by atoms with Crippen molar-refractivity contribution in [1.82, 2.24) is 9.97 Å². The number of nitrogens with two attached hydrogens (primary N) is 1. The third-order valence-electron chi connectivity index (χ3n) is 1.43. The third kappa shape index (κ3) is 1.56. The van der Waals surface area contributed by atoms with Crippen LogP contribution in [0.1, 0.15) is 13.8 Å². The van der Waals surface area contributed by atoms with Crippen LogP contribution in [0.4, 0.5) is 5.82 Å². The Morgan fingerprint density at radius 2 is 2.00 bits per heavy atom. The van der Waals surface area contributed by atoms with Gasteiger partial charge in [-0.1, -0.05) is 13.8 Å². The molecule has 0 spiro atoms. The SMILES string of the molecule is CC.Nc1ccc2cc[nH]c2n1. The van der Waals surface area contributed by atoms with E-state index in [9.17, 15) is 0 Å². The summed E-state index contributed by atoms with van der Waals surface area (Å²) in [4.78, 5) is 7.03. The number of nitrogen functional groups attached to an aromatic ring is 1. The van der Waals surface area contributed by atoms with Crippen LogP contribution in [0.3, 0.4) is 0 Å². The first-order chi connectivity index (χ1) is 5.86. The lowest BCUT2D eigenvalue weighted by Crippen LogP contribution is -1.88. The zero-order valence-electron chi connectivity index (χ0n) is 7.33. The molecule has 0 bridgehead atoms. The quantitative estimate of drug-likeness (QED) is 0.625. The fraction of sp³-hybridized carbons (Fsp3) is 0.222. The Morgan fingerprint density at radius 1 is 1.25 bits per heavy atom. The fourth-order valence-corrected chi connectivity index (χ4v) is 0.945. The van der Waals surface area contributed by atoms with Crippen molar-refractivity contribution in [2.75, 3.05) is 5.73 Å². The standard InChI is InChI=1S/C7H7N3.C2H6/c8-6-2-1-5-3-4-9-7(5)10-6;1-2/h1-4H,(H3,8,9,10);1-2H3. The molecule has 3 heteroatoms. The zero-order chi connectivity index (χ0) is 8.97. The van der Waals surface area contributed by atoms with Crippen LogP contribution in [0, 0.1) is 0 Å². The maximum atomic E-state index is 5.45. The minimum Gasteiger partial charge on any atom is -0.384 e. The summed E-state index contributed by atoms with van der Waals surface area (Å²) >= 11 is 0. The van der Waals surface area contributed by atoms with Crippen LogP contribution in [0.5, 0.6) is 0 Å². The predicted molar refractivity (Wildman–Crippen MR) is 51.9 cm³/mol. The molecule has 2 heterocycles. The maximum Gasteiger partial charge on any atom is 0.139 e. The van der Waals surface area contributed by atoms with Gasteiger partial charge in [-0.15, -0.1) is 0 Å².